The van der Waals surface area contributed by atoms with Crippen LogP contribution in [0.15, 0.2) is 23.2 Å². The van der Waals surface area contributed by atoms with Gasteiger partial charge in [0, 0.05) is 24.2 Å². The number of hydrogen-bond donors (Lipinski definition) is 3. The van der Waals surface area contributed by atoms with Crippen molar-refractivity contribution in [1.29, 1.82) is 0 Å². The maximum Gasteiger partial charge on any atom is 0.114 e. The van der Waals surface area contributed by atoms with Crippen molar-refractivity contribution >= 4 is 33.4 Å². The summed E-state index contributed by atoms with van der Waals surface area (Å²) in [4.78, 5) is 8.05. The number of fused-ring (bicyclic) bond motifs is 1. The van der Waals surface area contributed by atoms with Crippen LogP contribution in [0.5, 0.6) is 0 Å². The van der Waals surface area contributed by atoms with Crippen molar-refractivity contribution in [1.82, 2.24) is 4.98 Å². The van der Waals surface area contributed by atoms with E-state index in [1.807, 2.05) is 7.05 Å². The van der Waals surface area contributed by atoms with Crippen LogP contribution in [-0.4, -0.2) is 35.4 Å². The molecule has 1 aromatic heterocycles. The molecule has 1 aliphatic heterocycles. The standard InChI is InChI=1S/C14H18N4S/c1-8-3-9-5-12(14-17-7-10(6-15)19-14)18-13(9)11(4-8)16-2/h3-5,10,16,18H,6-7,15H2,1-2H3. The van der Waals surface area contributed by atoms with Gasteiger partial charge in [-0.05, 0) is 30.7 Å². The van der Waals surface area contributed by atoms with Crippen molar-refractivity contribution in [2.24, 2.45) is 10.7 Å². The number of nitrogens with zero attached hydrogens (tertiary/aromatic N) is 1. The van der Waals surface area contributed by atoms with Crippen molar-refractivity contribution in [3.05, 3.63) is 29.5 Å². The van der Waals surface area contributed by atoms with Crippen LogP contribution in [0, 0.1) is 6.92 Å². The Bertz CT molecular complexity index is 644. The Morgan fingerprint density at radius 3 is 3.00 bits per heavy atom. The molecule has 100 valence electrons. The van der Waals surface area contributed by atoms with Crippen molar-refractivity contribution in [2.75, 3.05) is 25.5 Å². The minimum Gasteiger partial charge on any atom is -0.386 e. The molecule has 3 rings (SSSR count). The van der Waals surface area contributed by atoms with Gasteiger partial charge in [-0.1, -0.05) is 11.8 Å². The van der Waals surface area contributed by atoms with Crippen LogP contribution in [0.4, 0.5) is 5.69 Å². The number of aliphatic imine (C=N–C) groups is 1. The third kappa shape index (κ3) is 2.24. The van der Waals surface area contributed by atoms with Gasteiger partial charge in [0.15, 0.2) is 0 Å². The number of nitrogens with one attached hydrogen (secondary N) is 2. The van der Waals surface area contributed by atoms with Gasteiger partial charge in [0.2, 0.25) is 0 Å². The first-order chi connectivity index (χ1) is 9.21. The molecule has 0 amide bonds. The van der Waals surface area contributed by atoms with Crippen molar-refractivity contribution in [3.63, 3.8) is 0 Å². The molecular formula is C14H18N4S. The lowest BCUT2D eigenvalue weighted by Gasteiger charge is -2.03. The molecule has 0 saturated heterocycles. The Hall–Kier alpha value is -1.46. The zero-order chi connectivity index (χ0) is 13.4. The van der Waals surface area contributed by atoms with Gasteiger partial charge in [-0.2, -0.15) is 0 Å². The van der Waals surface area contributed by atoms with Crippen molar-refractivity contribution in [2.45, 2.75) is 12.2 Å². The van der Waals surface area contributed by atoms with Crippen LogP contribution < -0.4 is 11.1 Å². The molecule has 2 aromatic rings. The molecule has 1 aliphatic rings. The van der Waals surface area contributed by atoms with Gasteiger partial charge in [0.1, 0.15) is 5.04 Å². The van der Waals surface area contributed by atoms with Crippen LogP contribution in [0.3, 0.4) is 0 Å². The molecule has 5 heteroatoms. The van der Waals surface area contributed by atoms with E-state index in [2.05, 4.69) is 40.4 Å². The SMILES string of the molecule is CNc1cc(C)cc2cc(C3=NCC(CN)S3)[nH]c12. The van der Waals surface area contributed by atoms with Gasteiger partial charge in [0.25, 0.3) is 0 Å². The minimum atomic E-state index is 0.423. The lowest BCUT2D eigenvalue weighted by atomic mass is 10.1. The molecule has 4 N–H and O–H groups in total. The molecule has 1 unspecified atom stereocenters. The fourth-order valence-corrected chi connectivity index (χ4v) is 3.34. The third-order valence-electron chi connectivity index (χ3n) is 3.35. The first-order valence-corrected chi connectivity index (χ1v) is 7.32. The van der Waals surface area contributed by atoms with E-state index in [4.69, 9.17) is 5.73 Å². The van der Waals surface area contributed by atoms with Gasteiger partial charge < -0.3 is 16.0 Å². The molecular weight excluding hydrogens is 256 g/mol. The quantitative estimate of drug-likeness (QED) is 0.805. The summed E-state index contributed by atoms with van der Waals surface area (Å²) in [6.45, 7) is 3.61. The van der Waals surface area contributed by atoms with E-state index in [9.17, 15) is 0 Å². The zero-order valence-electron chi connectivity index (χ0n) is 11.2. The zero-order valence-corrected chi connectivity index (χ0v) is 12.0. The van der Waals surface area contributed by atoms with Crippen molar-refractivity contribution in [3.8, 4) is 0 Å². The van der Waals surface area contributed by atoms with E-state index >= 15 is 0 Å². The van der Waals surface area contributed by atoms with Crippen LogP contribution >= 0.6 is 11.8 Å². The summed E-state index contributed by atoms with van der Waals surface area (Å²) < 4.78 is 0. The van der Waals surface area contributed by atoms with E-state index < -0.39 is 0 Å². The highest BCUT2D eigenvalue weighted by atomic mass is 32.2. The summed E-state index contributed by atoms with van der Waals surface area (Å²) in [5.74, 6) is 0. The number of hydrogen-bond acceptors (Lipinski definition) is 4. The average molecular weight is 274 g/mol. The maximum absolute atomic E-state index is 5.70. The van der Waals surface area contributed by atoms with Crippen LogP contribution in [0.2, 0.25) is 0 Å². The summed E-state index contributed by atoms with van der Waals surface area (Å²) in [7, 11) is 1.95. The number of anilines is 1. The second-order valence-corrected chi connectivity index (χ2v) is 6.12. The molecule has 1 aromatic carbocycles. The Morgan fingerprint density at radius 2 is 2.32 bits per heavy atom. The highest BCUT2D eigenvalue weighted by Crippen LogP contribution is 2.30. The Labute approximate surface area is 116 Å². The lowest BCUT2D eigenvalue weighted by Crippen LogP contribution is -2.17. The van der Waals surface area contributed by atoms with Crippen LogP contribution in [0.1, 0.15) is 11.3 Å². The summed E-state index contributed by atoms with van der Waals surface area (Å²) in [5, 5.41) is 5.96. The predicted octanol–water partition coefficient (Wildman–Crippen LogP) is 2.34. The number of rotatable bonds is 3. The average Bonchev–Trinajstić information content (AvgIpc) is 3.02. The normalized spacial score (nSPS) is 18.9. The monoisotopic (exact) mass is 274 g/mol. The number of aromatic nitrogens is 1. The fourth-order valence-electron chi connectivity index (χ4n) is 2.39. The highest BCUT2D eigenvalue weighted by Gasteiger charge is 2.21. The number of benzene rings is 1. The van der Waals surface area contributed by atoms with Crippen LogP contribution in [-0.2, 0) is 0 Å². The van der Waals surface area contributed by atoms with E-state index in [0.29, 0.717) is 11.8 Å². The van der Waals surface area contributed by atoms with E-state index in [1.54, 1.807) is 11.8 Å². The smallest absolute Gasteiger partial charge is 0.114 e. The van der Waals surface area contributed by atoms with E-state index in [0.717, 1.165) is 28.5 Å². The van der Waals surface area contributed by atoms with E-state index in [-0.39, 0.29) is 0 Å². The molecule has 2 heterocycles. The Balaban J connectivity index is 2.03. The number of aromatic amines is 1. The van der Waals surface area contributed by atoms with Gasteiger partial charge in [-0.25, -0.2) is 0 Å². The van der Waals surface area contributed by atoms with Gasteiger partial charge >= 0.3 is 0 Å². The third-order valence-corrected chi connectivity index (χ3v) is 4.60. The number of nitrogens with two attached hydrogens (primary N) is 1. The van der Waals surface area contributed by atoms with E-state index in [1.165, 1.54) is 10.9 Å². The molecule has 0 saturated carbocycles. The van der Waals surface area contributed by atoms with Crippen LogP contribution in [0.25, 0.3) is 10.9 Å². The maximum atomic E-state index is 5.70. The van der Waals surface area contributed by atoms with Gasteiger partial charge in [0.05, 0.1) is 23.4 Å². The number of aryl methyl sites for hydroxylation is 1. The summed E-state index contributed by atoms with van der Waals surface area (Å²) in [5.41, 5.74) is 10.3. The predicted molar refractivity (Wildman–Crippen MR) is 84.4 cm³/mol. The van der Waals surface area contributed by atoms with Gasteiger partial charge in [-0.15, -0.1) is 0 Å². The first-order valence-electron chi connectivity index (χ1n) is 6.44. The Kier molecular flexibility index (Phi) is 3.24. The summed E-state index contributed by atoms with van der Waals surface area (Å²) >= 11 is 1.77. The lowest BCUT2D eigenvalue weighted by molar-refractivity contribution is 0.881. The van der Waals surface area contributed by atoms with Crippen molar-refractivity contribution < 1.29 is 0 Å². The largest absolute Gasteiger partial charge is 0.386 e. The molecule has 1 atom stereocenters. The highest BCUT2D eigenvalue weighted by molar-refractivity contribution is 8.15. The number of H-pyrrole nitrogens is 1. The topological polar surface area (TPSA) is 66.2 Å². The molecule has 4 nitrogen and oxygen atoms in total. The molecule has 0 spiro atoms. The molecule has 19 heavy (non-hydrogen) atoms. The summed E-state index contributed by atoms with van der Waals surface area (Å²) in [6.07, 6.45) is 0. The number of thioether (sulfide) groups is 1. The minimum absolute atomic E-state index is 0.423. The Morgan fingerprint density at radius 1 is 1.47 bits per heavy atom. The molecule has 0 aliphatic carbocycles. The fraction of sp³-hybridized carbons (Fsp3) is 0.357. The van der Waals surface area contributed by atoms with Gasteiger partial charge in [-0.3, -0.25) is 4.99 Å². The first kappa shape index (κ1) is 12.6. The second-order valence-electron chi connectivity index (χ2n) is 4.83. The molecule has 0 bridgehead atoms. The molecule has 0 radical (unpaired) electrons. The molecule has 0 fully saturated rings. The summed E-state index contributed by atoms with van der Waals surface area (Å²) in [6, 6.07) is 6.51. The second kappa shape index (κ2) is 4.90.